The molecule has 1 atom stereocenters. The summed E-state index contributed by atoms with van der Waals surface area (Å²) in [5.41, 5.74) is 3.16. The molecule has 0 spiro atoms. The topological polar surface area (TPSA) is 60.5 Å². The average molecular weight is 457 g/mol. The SMILES string of the molecule is COc1ccc(CCC(=O)N(Cc2ccc(N(C)C)cc2)CC2CCCO2)c(OC)c1OC. The van der Waals surface area contributed by atoms with Gasteiger partial charge in [0.2, 0.25) is 11.7 Å². The van der Waals surface area contributed by atoms with E-state index in [1.54, 1.807) is 21.3 Å². The van der Waals surface area contributed by atoms with E-state index in [4.69, 9.17) is 18.9 Å². The highest BCUT2D eigenvalue weighted by Crippen LogP contribution is 2.40. The van der Waals surface area contributed by atoms with Gasteiger partial charge in [-0.3, -0.25) is 4.79 Å². The van der Waals surface area contributed by atoms with Crippen molar-refractivity contribution in [1.29, 1.82) is 0 Å². The summed E-state index contributed by atoms with van der Waals surface area (Å²) in [6.45, 7) is 1.94. The highest BCUT2D eigenvalue weighted by molar-refractivity contribution is 5.77. The Bertz CT molecular complexity index is 908. The van der Waals surface area contributed by atoms with Crippen molar-refractivity contribution in [3.05, 3.63) is 47.5 Å². The van der Waals surface area contributed by atoms with Gasteiger partial charge in [-0.25, -0.2) is 0 Å². The largest absolute Gasteiger partial charge is 0.493 e. The molecule has 1 unspecified atom stereocenters. The van der Waals surface area contributed by atoms with Crippen molar-refractivity contribution in [2.45, 2.75) is 38.3 Å². The third kappa shape index (κ3) is 6.32. The van der Waals surface area contributed by atoms with Gasteiger partial charge in [-0.05, 0) is 48.6 Å². The molecule has 1 heterocycles. The van der Waals surface area contributed by atoms with Gasteiger partial charge in [0.15, 0.2) is 11.5 Å². The van der Waals surface area contributed by atoms with E-state index in [2.05, 4.69) is 29.2 Å². The third-order valence-electron chi connectivity index (χ3n) is 6.02. The lowest BCUT2D eigenvalue weighted by atomic mass is 10.1. The highest BCUT2D eigenvalue weighted by atomic mass is 16.5. The number of rotatable bonds is 11. The second kappa shape index (κ2) is 11.8. The van der Waals surface area contributed by atoms with Crippen molar-refractivity contribution in [3.63, 3.8) is 0 Å². The van der Waals surface area contributed by atoms with E-state index in [-0.39, 0.29) is 12.0 Å². The molecule has 7 nitrogen and oxygen atoms in total. The summed E-state index contributed by atoms with van der Waals surface area (Å²) < 4.78 is 22.3. The van der Waals surface area contributed by atoms with E-state index < -0.39 is 0 Å². The van der Waals surface area contributed by atoms with Crippen LogP contribution in [0.1, 0.15) is 30.4 Å². The Balaban J connectivity index is 1.73. The number of carbonyl (C=O) groups is 1. The van der Waals surface area contributed by atoms with Crippen LogP contribution in [0.2, 0.25) is 0 Å². The Labute approximate surface area is 197 Å². The first kappa shape index (κ1) is 24.7. The summed E-state index contributed by atoms with van der Waals surface area (Å²) in [7, 11) is 8.81. The van der Waals surface area contributed by atoms with Crippen LogP contribution >= 0.6 is 0 Å². The predicted octanol–water partition coefficient (Wildman–Crippen LogP) is 3.92. The van der Waals surface area contributed by atoms with E-state index in [1.807, 2.05) is 31.1 Å². The van der Waals surface area contributed by atoms with E-state index in [1.165, 1.54) is 0 Å². The van der Waals surface area contributed by atoms with Crippen molar-refractivity contribution in [3.8, 4) is 17.2 Å². The molecule has 7 heteroatoms. The Kier molecular flexibility index (Phi) is 8.83. The molecule has 1 aliphatic rings. The Morgan fingerprint density at radius 2 is 1.73 bits per heavy atom. The zero-order valence-electron chi connectivity index (χ0n) is 20.4. The summed E-state index contributed by atoms with van der Waals surface area (Å²) in [4.78, 5) is 17.3. The molecule has 0 N–H and O–H groups in total. The summed E-state index contributed by atoms with van der Waals surface area (Å²) in [6, 6.07) is 12.1. The average Bonchev–Trinajstić information content (AvgIpc) is 3.34. The summed E-state index contributed by atoms with van der Waals surface area (Å²) in [6.07, 6.45) is 3.06. The maximum atomic E-state index is 13.3. The van der Waals surface area contributed by atoms with E-state index >= 15 is 0 Å². The lowest BCUT2D eigenvalue weighted by Crippen LogP contribution is -2.37. The fraction of sp³-hybridized carbons (Fsp3) is 0.500. The first-order valence-corrected chi connectivity index (χ1v) is 11.4. The van der Waals surface area contributed by atoms with Crippen LogP contribution in [0.4, 0.5) is 5.69 Å². The van der Waals surface area contributed by atoms with Crippen LogP contribution in [-0.2, 0) is 22.5 Å². The smallest absolute Gasteiger partial charge is 0.223 e. The number of anilines is 1. The predicted molar refractivity (Wildman–Crippen MR) is 130 cm³/mol. The molecule has 180 valence electrons. The van der Waals surface area contributed by atoms with Crippen molar-refractivity contribution in [1.82, 2.24) is 4.90 Å². The number of benzene rings is 2. The number of amides is 1. The van der Waals surface area contributed by atoms with E-state index in [9.17, 15) is 4.79 Å². The molecule has 0 saturated carbocycles. The van der Waals surface area contributed by atoms with Crippen molar-refractivity contribution in [2.24, 2.45) is 0 Å². The lowest BCUT2D eigenvalue weighted by Gasteiger charge is -2.26. The zero-order valence-corrected chi connectivity index (χ0v) is 20.4. The van der Waals surface area contributed by atoms with Gasteiger partial charge in [0.05, 0.1) is 27.4 Å². The Morgan fingerprint density at radius 3 is 2.30 bits per heavy atom. The highest BCUT2D eigenvalue weighted by Gasteiger charge is 2.24. The summed E-state index contributed by atoms with van der Waals surface area (Å²) in [5, 5.41) is 0. The van der Waals surface area contributed by atoms with Gasteiger partial charge < -0.3 is 28.7 Å². The van der Waals surface area contributed by atoms with Crippen LogP contribution in [0.15, 0.2) is 36.4 Å². The lowest BCUT2D eigenvalue weighted by molar-refractivity contribution is -0.133. The van der Waals surface area contributed by atoms with Crippen LogP contribution in [-0.4, -0.2) is 65.5 Å². The molecule has 1 aliphatic heterocycles. The molecule has 33 heavy (non-hydrogen) atoms. The number of carbonyl (C=O) groups excluding carboxylic acids is 1. The second-order valence-corrected chi connectivity index (χ2v) is 8.46. The molecular weight excluding hydrogens is 420 g/mol. The van der Waals surface area contributed by atoms with Gasteiger partial charge >= 0.3 is 0 Å². The van der Waals surface area contributed by atoms with Crippen LogP contribution in [0.25, 0.3) is 0 Å². The molecular formula is C26H36N2O5. The molecule has 2 aromatic carbocycles. The molecule has 1 fully saturated rings. The normalized spacial score (nSPS) is 15.2. The number of hydrogen-bond acceptors (Lipinski definition) is 6. The summed E-state index contributed by atoms with van der Waals surface area (Å²) >= 11 is 0. The molecule has 3 rings (SSSR count). The van der Waals surface area contributed by atoms with Crippen LogP contribution in [0.5, 0.6) is 17.2 Å². The molecule has 1 amide bonds. The number of methoxy groups -OCH3 is 3. The molecule has 0 radical (unpaired) electrons. The number of hydrogen-bond donors (Lipinski definition) is 0. The first-order chi connectivity index (χ1) is 16.0. The fourth-order valence-electron chi connectivity index (χ4n) is 4.17. The molecule has 2 aromatic rings. The van der Waals surface area contributed by atoms with Gasteiger partial charge in [-0.15, -0.1) is 0 Å². The Hall–Kier alpha value is -2.93. The van der Waals surface area contributed by atoms with Crippen molar-refractivity contribution in [2.75, 3.05) is 53.5 Å². The van der Waals surface area contributed by atoms with Gasteiger partial charge in [0, 0.05) is 45.9 Å². The van der Waals surface area contributed by atoms with Crippen molar-refractivity contribution >= 4 is 11.6 Å². The maximum Gasteiger partial charge on any atom is 0.223 e. The van der Waals surface area contributed by atoms with Crippen molar-refractivity contribution < 1.29 is 23.7 Å². The van der Waals surface area contributed by atoms with Crippen LogP contribution in [0.3, 0.4) is 0 Å². The monoisotopic (exact) mass is 456 g/mol. The fourth-order valence-corrected chi connectivity index (χ4v) is 4.17. The molecule has 0 bridgehead atoms. The molecule has 0 aromatic heterocycles. The minimum Gasteiger partial charge on any atom is -0.493 e. The van der Waals surface area contributed by atoms with Gasteiger partial charge in [-0.1, -0.05) is 18.2 Å². The minimum atomic E-state index is 0.0963. The minimum absolute atomic E-state index is 0.0963. The third-order valence-corrected chi connectivity index (χ3v) is 6.02. The number of ether oxygens (including phenoxy) is 4. The van der Waals surface area contributed by atoms with Crippen LogP contribution in [0, 0.1) is 0 Å². The molecule has 1 saturated heterocycles. The van der Waals surface area contributed by atoms with E-state index in [0.717, 1.165) is 36.3 Å². The maximum absolute atomic E-state index is 13.3. The quantitative estimate of drug-likeness (QED) is 0.511. The van der Waals surface area contributed by atoms with Gasteiger partial charge in [0.1, 0.15) is 0 Å². The van der Waals surface area contributed by atoms with E-state index in [0.29, 0.717) is 43.2 Å². The van der Waals surface area contributed by atoms with Gasteiger partial charge in [-0.2, -0.15) is 0 Å². The first-order valence-electron chi connectivity index (χ1n) is 11.4. The summed E-state index contributed by atoms with van der Waals surface area (Å²) in [5.74, 6) is 1.85. The van der Waals surface area contributed by atoms with Crippen LogP contribution < -0.4 is 19.1 Å². The second-order valence-electron chi connectivity index (χ2n) is 8.46. The van der Waals surface area contributed by atoms with Gasteiger partial charge in [0.25, 0.3) is 0 Å². The molecule has 0 aliphatic carbocycles. The number of nitrogens with zero attached hydrogens (tertiary/aromatic N) is 2. The Morgan fingerprint density at radius 1 is 1.00 bits per heavy atom. The zero-order chi connectivity index (χ0) is 23.8. The number of aryl methyl sites for hydroxylation is 1. The standard InChI is InChI=1S/C26H36N2O5/c1-27(2)21-12-8-19(9-13-21)17-28(18-22-7-6-16-33-22)24(29)15-11-20-10-14-23(30-3)26(32-5)25(20)31-4/h8-10,12-14,22H,6-7,11,15-18H2,1-5H3.